The molecule has 1 rings (SSSR count). The van der Waals surface area contributed by atoms with Crippen molar-refractivity contribution >= 4 is 24.3 Å². The number of carbonyl (C=O) groups is 2. The van der Waals surface area contributed by atoms with E-state index in [4.69, 9.17) is 10.2 Å². The summed E-state index contributed by atoms with van der Waals surface area (Å²) in [4.78, 5) is 36.8. The van der Waals surface area contributed by atoms with E-state index in [2.05, 4.69) is 0 Å². The summed E-state index contributed by atoms with van der Waals surface area (Å²) >= 11 is 0. The van der Waals surface area contributed by atoms with E-state index in [1.165, 1.54) is 18.4 Å². The number of aliphatic hydroxyl groups is 2. The van der Waals surface area contributed by atoms with E-state index in [1.54, 1.807) is 24.3 Å². The lowest BCUT2D eigenvalue weighted by molar-refractivity contribution is -0.123. The van der Waals surface area contributed by atoms with E-state index in [0.717, 1.165) is 10.5 Å². The lowest BCUT2D eigenvalue weighted by atomic mass is 10.2. The van der Waals surface area contributed by atoms with Crippen LogP contribution in [-0.2, 0) is 9.59 Å². The summed E-state index contributed by atoms with van der Waals surface area (Å²) in [5.74, 6) is -0.678. The van der Waals surface area contributed by atoms with Crippen molar-refractivity contribution in [3.05, 3.63) is 42.0 Å². The van der Waals surface area contributed by atoms with Crippen molar-refractivity contribution in [1.82, 2.24) is 9.80 Å². The Labute approximate surface area is 134 Å². The lowest BCUT2D eigenvalue weighted by Crippen LogP contribution is -2.48. The highest BCUT2D eigenvalue weighted by Crippen LogP contribution is 2.04. The minimum absolute atomic E-state index is 0.0512. The second kappa shape index (κ2) is 10.3. The Morgan fingerprint density at radius 2 is 1.70 bits per heavy atom. The van der Waals surface area contributed by atoms with Crippen LogP contribution in [0.1, 0.15) is 5.56 Å². The predicted molar refractivity (Wildman–Crippen MR) is 84.0 cm³/mol. The number of rotatable bonds is 8. The SMILES string of the molecule is O=[C]CN(C(=O)C=Cc1ccccc1)C(=O)N(CCO)CCO. The molecule has 1 aromatic carbocycles. The van der Waals surface area contributed by atoms with Crippen LogP contribution in [-0.4, -0.2) is 71.1 Å². The van der Waals surface area contributed by atoms with Gasteiger partial charge in [-0.1, -0.05) is 30.3 Å². The summed E-state index contributed by atoms with van der Waals surface area (Å²) in [6.45, 7) is -1.27. The Balaban J connectivity index is 2.86. The molecular weight excluding hydrogens is 300 g/mol. The van der Waals surface area contributed by atoms with Gasteiger partial charge in [-0.3, -0.25) is 14.5 Å². The third-order valence-corrected chi connectivity index (χ3v) is 2.95. The molecule has 0 bridgehead atoms. The van der Waals surface area contributed by atoms with Crippen LogP contribution in [0.15, 0.2) is 36.4 Å². The molecule has 123 valence electrons. The topological polar surface area (TPSA) is 98.2 Å². The van der Waals surface area contributed by atoms with Crippen LogP contribution < -0.4 is 0 Å². The fourth-order valence-corrected chi connectivity index (χ4v) is 1.84. The molecule has 0 aliphatic heterocycles. The summed E-state index contributed by atoms with van der Waals surface area (Å²) in [6, 6.07) is 8.24. The Hall–Kier alpha value is -2.51. The average molecular weight is 319 g/mol. The minimum Gasteiger partial charge on any atom is -0.395 e. The third kappa shape index (κ3) is 6.01. The maximum absolute atomic E-state index is 12.3. The number of nitrogens with zero attached hydrogens (tertiary/aromatic N) is 2. The number of carbonyl (C=O) groups excluding carboxylic acids is 3. The predicted octanol–water partition coefficient (Wildman–Crippen LogP) is 0.0447. The molecule has 0 aliphatic carbocycles. The van der Waals surface area contributed by atoms with Crippen LogP contribution in [0.5, 0.6) is 0 Å². The van der Waals surface area contributed by atoms with Crippen LogP contribution >= 0.6 is 0 Å². The molecule has 0 spiro atoms. The first kappa shape index (κ1) is 18.5. The quantitative estimate of drug-likeness (QED) is 0.660. The fraction of sp³-hybridized carbons (Fsp3) is 0.312. The number of aliphatic hydroxyl groups excluding tert-OH is 2. The molecule has 3 amide bonds. The smallest absolute Gasteiger partial charge is 0.327 e. The highest BCUT2D eigenvalue weighted by atomic mass is 16.3. The van der Waals surface area contributed by atoms with Crippen molar-refractivity contribution in [2.75, 3.05) is 32.8 Å². The van der Waals surface area contributed by atoms with Crippen LogP contribution in [0.3, 0.4) is 0 Å². The van der Waals surface area contributed by atoms with Gasteiger partial charge in [0.05, 0.1) is 19.8 Å². The highest BCUT2D eigenvalue weighted by molar-refractivity contribution is 6.03. The number of urea groups is 1. The van der Waals surface area contributed by atoms with Crippen LogP contribution in [0.2, 0.25) is 0 Å². The third-order valence-electron chi connectivity index (χ3n) is 2.95. The first-order chi connectivity index (χ1) is 11.1. The summed E-state index contributed by atoms with van der Waals surface area (Å²) in [7, 11) is 0. The van der Waals surface area contributed by atoms with Crippen LogP contribution in [0.4, 0.5) is 4.79 Å². The molecule has 0 atom stereocenters. The highest BCUT2D eigenvalue weighted by Gasteiger charge is 2.24. The molecule has 0 aliphatic rings. The van der Waals surface area contributed by atoms with Gasteiger partial charge in [-0.15, -0.1) is 0 Å². The van der Waals surface area contributed by atoms with Crippen molar-refractivity contribution in [3.8, 4) is 0 Å². The van der Waals surface area contributed by atoms with Crippen molar-refractivity contribution in [1.29, 1.82) is 0 Å². The first-order valence-corrected chi connectivity index (χ1v) is 7.04. The Kier molecular flexibility index (Phi) is 8.27. The molecular formula is C16H19N2O5. The normalized spacial score (nSPS) is 10.5. The molecule has 7 heteroatoms. The second-order valence-electron chi connectivity index (χ2n) is 4.53. The molecule has 1 aromatic rings. The van der Waals surface area contributed by atoms with Crippen molar-refractivity contribution < 1.29 is 24.6 Å². The number of amides is 3. The zero-order valence-corrected chi connectivity index (χ0v) is 12.6. The Morgan fingerprint density at radius 1 is 1.09 bits per heavy atom. The van der Waals surface area contributed by atoms with E-state index < -0.39 is 18.5 Å². The number of hydrogen-bond acceptors (Lipinski definition) is 5. The standard InChI is InChI=1S/C16H19N2O5/c19-11-8-17(9-12-20)16(23)18(10-13-21)15(22)7-6-14-4-2-1-3-5-14/h1-7,19-20H,8-12H2. The summed E-state index contributed by atoms with van der Waals surface area (Å²) in [6.07, 6.45) is 4.22. The van der Waals surface area contributed by atoms with Gasteiger partial charge in [0.25, 0.3) is 5.91 Å². The van der Waals surface area contributed by atoms with E-state index in [-0.39, 0.29) is 26.3 Å². The number of hydrogen-bond donors (Lipinski definition) is 2. The Morgan fingerprint density at radius 3 is 2.22 bits per heavy atom. The number of benzene rings is 1. The Bertz CT molecular complexity index is 539. The van der Waals surface area contributed by atoms with Gasteiger partial charge in [-0.25, -0.2) is 4.79 Å². The summed E-state index contributed by atoms with van der Waals surface area (Å²) in [5, 5.41) is 17.9. The van der Waals surface area contributed by atoms with E-state index >= 15 is 0 Å². The molecule has 0 unspecified atom stereocenters. The lowest BCUT2D eigenvalue weighted by Gasteiger charge is -2.26. The average Bonchev–Trinajstić information content (AvgIpc) is 2.57. The monoisotopic (exact) mass is 319 g/mol. The summed E-state index contributed by atoms with van der Waals surface area (Å²) in [5.41, 5.74) is 0.769. The summed E-state index contributed by atoms with van der Waals surface area (Å²) < 4.78 is 0. The fourth-order valence-electron chi connectivity index (χ4n) is 1.84. The van der Waals surface area contributed by atoms with Gasteiger partial charge < -0.3 is 15.1 Å². The molecule has 0 fully saturated rings. The zero-order chi connectivity index (χ0) is 17.1. The van der Waals surface area contributed by atoms with Gasteiger partial charge in [0, 0.05) is 19.2 Å². The molecule has 0 heterocycles. The molecule has 1 radical (unpaired) electrons. The van der Waals surface area contributed by atoms with Crippen molar-refractivity contribution in [3.63, 3.8) is 0 Å². The van der Waals surface area contributed by atoms with E-state index in [1.807, 2.05) is 6.07 Å². The zero-order valence-electron chi connectivity index (χ0n) is 12.6. The van der Waals surface area contributed by atoms with E-state index in [0.29, 0.717) is 4.90 Å². The number of imide groups is 1. The first-order valence-electron chi connectivity index (χ1n) is 7.04. The maximum Gasteiger partial charge on any atom is 0.327 e. The van der Waals surface area contributed by atoms with Crippen molar-refractivity contribution in [2.45, 2.75) is 0 Å². The van der Waals surface area contributed by atoms with Crippen LogP contribution in [0.25, 0.3) is 6.08 Å². The largest absolute Gasteiger partial charge is 0.395 e. The maximum atomic E-state index is 12.3. The molecule has 0 saturated carbocycles. The molecule has 23 heavy (non-hydrogen) atoms. The van der Waals surface area contributed by atoms with Crippen molar-refractivity contribution in [2.24, 2.45) is 0 Å². The molecule has 0 aromatic heterocycles. The molecule has 0 saturated heterocycles. The van der Waals surface area contributed by atoms with Gasteiger partial charge in [0.2, 0.25) is 6.29 Å². The van der Waals surface area contributed by atoms with Gasteiger partial charge in [-0.2, -0.15) is 0 Å². The minimum atomic E-state index is -0.765. The molecule has 2 N–H and O–H groups in total. The second-order valence-corrected chi connectivity index (χ2v) is 4.53. The van der Waals surface area contributed by atoms with Gasteiger partial charge in [0.15, 0.2) is 0 Å². The van der Waals surface area contributed by atoms with Gasteiger partial charge in [0.1, 0.15) is 0 Å². The van der Waals surface area contributed by atoms with Gasteiger partial charge in [-0.05, 0) is 11.6 Å². The molecule has 7 nitrogen and oxygen atoms in total. The van der Waals surface area contributed by atoms with E-state index in [9.17, 15) is 14.4 Å². The van der Waals surface area contributed by atoms with Gasteiger partial charge >= 0.3 is 6.03 Å². The van der Waals surface area contributed by atoms with Crippen LogP contribution in [0, 0.1) is 0 Å².